The van der Waals surface area contributed by atoms with Crippen LogP contribution in [0.4, 0.5) is 4.79 Å². The maximum absolute atomic E-state index is 13.9. The van der Waals surface area contributed by atoms with Gasteiger partial charge in [0.05, 0.1) is 24.7 Å². The van der Waals surface area contributed by atoms with E-state index in [2.05, 4.69) is 0 Å². The second kappa shape index (κ2) is 11.3. The molecular weight excluding hydrogens is 482 g/mol. The number of methoxy groups -OCH3 is 2. The SMILES string of the molecule is COC1CC2C(=O)N(Cc3ccc(C(=O)N4CCCC4)cc3)C(=O)N(Cc3ccccc3C)C2CC1OC. The molecule has 38 heavy (non-hydrogen) atoms. The van der Waals surface area contributed by atoms with E-state index in [0.29, 0.717) is 24.9 Å². The zero-order valence-electron chi connectivity index (χ0n) is 22.5. The molecule has 1 aliphatic carbocycles. The van der Waals surface area contributed by atoms with Crippen molar-refractivity contribution < 1.29 is 23.9 Å². The summed E-state index contributed by atoms with van der Waals surface area (Å²) in [4.78, 5) is 45.5. The summed E-state index contributed by atoms with van der Waals surface area (Å²) in [7, 11) is 3.29. The molecule has 0 bridgehead atoms. The maximum atomic E-state index is 13.9. The van der Waals surface area contributed by atoms with Gasteiger partial charge in [-0.15, -0.1) is 0 Å². The first-order valence-corrected chi connectivity index (χ1v) is 13.5. The van der Waals surface area contributed by atoms with Crippen LogP contribution in [0.15, 0.2) is 48.5 Å². The predicted molar refractivity (Wildman–Crippen MR) is 142 cm³/mol. The largest absolute Gasteiger partial charge is 0.379 e. The summed E-state index contributed by atoms with van der Waals surface area (Å²) in [6.07, 6.45) is 2.73. The van der Waals surface area contributed by atoms with Gasteiger partial charge in [0, 0.05) is 45.5 Å². The van der Waals surface area contributed by atoms with E-state index in [0.717, 1.165) is 42.6 Å². The van der Waals surface area contributed by atoms with Crippen molar-refractivity contribution in [2.24, 2.45) is 5.92 Å². The van der Waals surface area contributed by atoms with Crippen LogP contribution in [-0.4, -0.2) is 78.1 Å². The molecule has 8 heteroatoms. The Bertz CT molecular complexity index is 1180. The van der Waals surface area contributed by atoms with Crippen molar-refractivity contribution in [2.75, 3.05) is 27.3 Å². The number of hydrogen-bond donors (Lipinski definition) is 0. The van der Waals surface area contributed by atoms with Gasteiger partial charge in [-0.1, -0.05) is 36.4 Å². The van der Waals surface area contributed by atoms with Crippen LogP contribution in [0.2, 0.25) is 0 Å². The van der Waals surface area contributed by atoms with Crippen molar-refractivity contribution in [2.45, 2.75) is 63.9 Å². The van der Waals surface area contributed by atoms with Gasteiger partial charge >= 0.3 is 6.03 Å². The first-order valence-electron chi connectivity index (χ1n) is 13.5. The Hall–Kier alpha value is -3.23. The van der Waals surface area contributed by atoms with Crippen molar-refractivity contribution in [3.63, 3.8) is 0 Å². The number of carbonyl (C=O) groups excluding carboxylic acids is 3. The summed E-state index contributed by atoms with van der Waals surface area (Å²) in [5, 5.41) is 0. The molecule has 0 radical (unpaired) electrons. The maximum Gasteiger partial charge on any atom is 0.327 e. The number of ether oxygens (including phenoxy) is 2. The number of benzene rings is 2. The van der Waals surface area contributed by atoms with Crippen LogP contribution in [-0.2, 0) is 27.4 Å². The summed E-state index contributed by atoms with van der Waals surface area (Å²) in [6, 6.07) is 14.8. The molecule has 1 saturated carbocycles. The second-order valence-electron chi connectivity index (χ2n) is 10.7. The Kier molecular flexibility index (Phi) is 7.81. The van der Waals surface area contributed by atoms with Gasteiger partial charge in [-0.05, 0) is 61.4 Å². The highest BCUT2D eigenvalue weighted by atomic mass is 16.5. The molecule has 2 aromatic rings. The fourth-order valence-electron chi connectivity index (χ4n) is 6.15. The molecule has 4 atom stereocenters. The molecule has 4 unspecified atom stereocenters. The van der Waals surface area contributed by atoms with E-state index in [4.69, 9.17) is 9.47 Å². The van der Waals surface area contributed by atoms with Gasteiger partial charge in [-0.25, -0.2) is 4.79 Å². The Morgan fingerprint density at radius 2 is 1.55 bits per heavy atom. The van der Waals surface area contributed by atoms with Crippen molar-refractivity contribution in [1.29, 1.82) is 0 Å². The highest BCUT2D eigenvalue weighted by Crippen LogP contribution is 2.38. The fraction of sp³-hybridized carbons (Fsp3) is 0.500. The van der Waals surface area contributed by atoms with Crippen LogP contribution in [0, 0.1) is 12.8 Å². The molecule has 202 valence electrons. The third-order valence-electron chi connectivity index (χ3n) is 8.44. The van der Waals surface area contributed by atoms with Crippen LogP contribution < -0.4 is 0 Å². The summed E-state index contributed by atoms with van der Waals surface area (Å²) in [5.74, 6) is -0.508. The summed E-state index contributed by atoms with van der Waals surface area (Å²) in [6.45, 7) is 4.21. The van der Waals surface area contributed by atoms with E-state index < -0.39 is 0 Å². The first kappa shape index (κ1) is 26.4. The number of fused-ring (bicyclic) bond motifs is 1. The van der Waals surface area contributed by atoms with Crippen LogP contribution in [0.3, 0.4) is 0 Å². The molecule has 2 aliphatic heterocycles. The number of rotatable bonds is 7. The number of nitrogens with zero attached hydrogens (tertiary/aromatic N) is 3. The lowest BCUT2D eigenvalue weighted by atomic mass is 9.77. The molecule has 5 rings (SSSR count). The van der Waals surface area contributed by atoms with Gasteiger partial charge < -0.3 is 19.3 Å². The molecule has 8 nitrogen and oxygen atoms in total. The molecule has 2 aromatic carbocycles. The Morgan fingerprint density at radius 3 is 2.21 bits per heavy atom. The van der Waals surface area contributed by atoms with Crippen molar-refractivity contribution in [1.82, 2.24) is 14.7 Å². The van der Waals surface area contributed by atoms with Crippen molar-refractivity contribution >= 4 is 17.8 Å². The lowest BCUT2D eigenvalue weighted by Crippen LogP contribution is -2.64. The third-order valence-corrected chi connectivity index (χ3v) is 8.44. The minimum Gasteiger partial charge on any atom is -0.379 e. The molecule has 0 aromatic heterocycles. The van der Waals surface area contributed by atoms with Gasteiger partial charge in [0.25, 0.3) is 5.91 Å². The average molecular weight is 520 g/mol. The molecule has 4 amide bonds. The highest BCUT2D eigenvalue weighted by molar-refractivity contribution is 5.99. The third kappa shape index (κ3) is 5.07. The van der Waals surface area contributed by atoms with E-state index in [1.165, 1.54) is 4.90 Å². The fourth-order valence-corrected chi connectivity index (χ4v) is 6.15. The number of carbonyl (C=O) groups is 3. The molecule has 3 aliphatic rings. The van der Waals surface area contributed by atoms with Gasteiger partial charge in [0.15, 0.2) is 0 Å². The monoisotopic (exact) mass is 519 g/mol. The summed E-state index contributed by atoms with van der Waals surface area (Å²) < 4.78 is 11.4. The second-order valence-corrected chi connectivity index (χ2v) is 10.7. The lowest BCUT2D eigenvalue weighted by molar-refractivity contribution is -0.152. The van der Waals surface area contributed by atoms with Crippen molar-refractivity contribution in [3.8, 4) is 0 Å². The lowest BCUT2D eigenvalue weighted by Gasteiger charge is -2.50. The minimum absolute atomic E-state index is 0.0342. The van der Waals surface area contributed by atoms with Gasteiger partial charge in [-0.3, -0.25) is 14.5 Å². The predicted octanol–water partition coefficient (Wildman–Crippen LogP) is 4.00. The van der Waals surface area contributed by atoms with Gasteiger partial charge in [0.2, 0.25) is 5.91 Å². The normalized spacial score (nSPS) is 25.6. The molecule has 3 fully saturated rings. The van der Waals surface area contributed by atoms with E-state index in [1.807, 2.05) is 53.1 Å². The molecule has 0 spiro atoms. The number of imide groups is 1. The van der Waals surface area contributed by atoms with Crippen LogP contribution in [0.5, 0.6) is 0 Å². The molecule has 2 saturated heterocycles. The number of likely N-dealkylation sites (tertiary alicyclic amines) is 1. The quantitative estimate of drug-likeness (QED) is 0.553. The molecule has 0 N–H and O–H groups in total. The summed E-state index contributed by atoms with van der Waals surface area (Å²) in [5.41, 5.74) is 3.61. The van der Waals surface area contributed by atoms with E-state index in [9.17, 15) is 14.4 Å². The van der Waals surface area contributed by atoms with E-state index >= 15 is 0 Å². The topological polar surface area (TPSA) is 79.4 Å². The molecular formula is C30H37N3O5. The zero-order chi connectivity index (χ0) is 26.8. The number of hydrogen-bond acceptors (Lipinski definition) is 5. The average Bonchev–Trinajstić information content (AvgIpc) is 3.49. The minimum atomic E-state index is -0.371. The van der Waals surface area contributed by atoms with E-state index in [1.54, 1.807) is 26.4 Å². The number of aryl methyl sites for hydroxylation is 1. The Balaban J connectivity index is 1.40. The number of amides is 4. The smallest absolute Gasteiger partial charge is 0.327 e. The van der Waals surface area contributed by atoms with Crippen molar-refractivity contribution in [3.05, 3.63) is 70.8 Å². The van der Waals surface area contributed by atoms with Crippen LogP contribution in [0.25, 0.3) is 0 Å². The van der Waals surface area contributed by atoms with Crippen LogP contribution >= 0.6 is 0 Å². The van der Waals surface area contributed by atoms with E-state index in [-0.39, 0.29) is 48.6 Å². The number of urea groups is 1. The Morgan fingerprint density at radius 1 is 0.895 bits per heavy atom. The standard InChI is InChI=1S/C30H37N3O5/c1-20-8-4-5-9-23(20)19-32-25-17-27(38-3)26(37-2)16-24(25)29(35)33(30(32)36)18-21-10-12-22(13-11-21)28(34)31-14-6-7-15-31/h4-5,8-13,24-27H,6-7,14-19H2,1-3H3. The summed E-state index contributed by atoms with van der Waals surface area (Å²) >= 11 is 0. The van der Waals surface area contributed by atoms with Gasteiger partial charge in [-0.2, -0.15) is 0 Å². The van der Waals surface area contributed by atoms with Crippen LogP contribution in [0.1, 0.15) is 52.7 Å². The van der Waals surface area contributed by atoms with Gasteiger partial charge in [0.1, 0.15) is 0 Å². The molecule has 2 heterocycles. The Labute approximate surface area is 224 Å². The highest BCUT2D eigenvalue weighted by Gasteiger charge is 2.51. The zero-order valence-corrected chi connectivity index (χ0v) is 22.5. The first-order chi connectivity index (χ1) is 18.4.